The SMILES string of the molecule is CCOC(=O)C1=C(c2ccccc2)N=c2s/c(=C\c3c(-c4ccccc4)[nH]c4ccccc34)c(=O)n2[C@H]1c1ccc(SC)cc1. The molecule has 0 spiro atoms. The molecular weight excluding hydrogens is 599 g/mol. The first-order valence-corrected chi connectivity index (χ1v) is 16.7. The van der Waals surface area contributed by atoms with Gasteiger partial charge in [0.1, 0.15) is 0 Å². The average Bonchev–Trinajstić information content (AvgIpc) is 3.61. The topological polar surface area (TPSA) is 76.4 Å². The highest BCUT2D eigenvalue weighted by atomic mass is 32.2. The van der Waals surface area contributed by atoms with E-state index in [0.29, 0.717) is 20.6 Å². The molecule has 0 bridgehead atoms. The summed E-state index contributed by atoms with van der Waals surface area (Å²) in [6, 6.07) is 35.1. The fourth-order valence-corrected chi connectivity index (χ4v) is 7.21. The molecule has 6 nitrogen and oxygen atoms in total. The number of nitrogens with one attached hydrogen (secondary N) is 1. The van der Waals surface area contributed by atoms with Crippen molar-refractivity contribution in [3.05, 3.63) is 151 Å². The molecule has 0 amide bonds. The molecular formula is C37H29N3O3S2. The molecule has 6 aromatic rings. The molecule has 1 aliphatic rings. The fraction of sp³-hybridized carbons (Fsp3) is 0.108. The van der Waals surface area contributed by atoms with E-state index in [2.05, 4.69) is 23.2 Å². The Morgan fingerprint density at radius 3 is 2.29 bits per heavy atom. The van der Waals surface area contributed by atoms with Crippen LogP contribution in [0.15, 0.2) is 129 Å². The van der Waals surface area contributed by atoms with E-state index in [0.717, 1.165) is 43.7 Å². The van der Waals surface area contributed by atoms with E-state index >= 15 is 0 Å². The maximum Gasteiger partial charge on any atom is 0.338 e. The zero-order chi connectivity index (χ0) is 30.9. The van der Waals surface area contributed by atoms with E-state index < -0.39 is 12.0 Å². The number of hydrogen-bond donors (Lipinski definition) is 1. The van der Waals surface area contributed by atoms with Crippen molar-refractivity contribution in [1.29, 1.82) is 0 Å². The smallest absolute Gasteiger partial charge is 0.338 e. The van der Waals surface area contributed by atoms with E-state index in [1.807, 2.05) is 103 Å². The molecule has 1 N–H and O–H groups in total. The van der Waals surface area contributed by atoms with Crippen LogP contribution in [-0.2, 0) is 9.53 Å². The highest BCUT2D eigenvalue weighted by Crippen LogP contribution is 2.36. The van der Waals surface area contributed by atoms with Crippen molar-refractivity contribution < 1.29 is 9.53 Å². The van der Waals surface area contributed by atoms with Crippen LogP contribution in [0.2, 0.25) is 0 Å². The third kappa shape index (κ3) is 5.26. The third-order valence-corrected chi connectivity index (χ3v) is 9.62. The van der Waals surface area contributed by atoms with E-state index in [4.69, 9.17) is 9.73 Å². The number of thioether (sulfide) groups is 1. The van der Waals surface area contributed by atoms with E-state index in [9.17, 15) is 9.59 Å². The second-order valence-corrected chi connectivity index (χ2v) is 12.4. The van der Waals surface area contributed by atoms with Gasteiger partial charge in [0.2, 0.25) is 0 Å². The van der Waals surface area contributed by atoms with Crippen LogP contribution >= 0.6 is 23.1 Å². The van der Waals surface area contributed by atoms with Gasteiger partial charge in [0.05, 0.1) is 34.1 Å². The van der Waals surface area contributed by atoms with Gasteiger partial charge in [-0.1, -0.05) is 102 Å². The van der Waals surface area contributed by atoms with Crippen molar-refractivity contribution in [1.82, 2.24) is 9.55 Å². The standard InChI is InChI=1S/C37H29N3O3S2/c1-3-43-36(42)31-33(24-14-8-5-9-15-24)39-37-40(34(31)25-18-20-26(44-2)21-19-25)35(41)30(45-37)22-28-27-16-10-11-17-29(27)38-32(28)23-12-6-4-7-13-23/h4-22,34,38H,3H2,1-2H3/b30-22-/t34-/m0/s1. The predicted octanol–water partition coefficient (Wildman–Crippen LogP) is 6.81. The number of carbonyl (C=O) groups is 1. The van der Waals surface area contributed by atoms with Crippen LogP contribution in [0.3, 0.4) is 0 Å². The Hall–Kier alpha value is -4.92. The molecule has 1 atom stereocenters. The summed E-state index contributed by atoms with van der Waals surface area (Å²) in [5.74, 6) is -0.490. The number of aromatic nitrogens is 2. The minimum atomic E-state index is -0.717. The predicted molar refractivity (Wildman–Crippen MR) is 183 cm³/mol. The molecule has 1 aliphatic heterocycles. The maximum absolute atomic E-state index is 14.5. The Balaban J connectivity index is 1.52. The summed E-state index contributed by atoms with van der Waals surface area (Å²) in [6.07, 6.45) is 3.97. The van der Waals surface area contributed by atoms with Crippen LogP contribution in [0.25, 0.3) is 33.9 Å². The number of thiazole rings is 1. The molecule has 0 saturated carbocycles. The molecule has 8 heteroatoms. The van der Waals surface area contributed by atoms with Gasteiger partial charge < -0.3 is 9.72 Å². The lowest BCUT2D eigenvalue weighted by Gasteiger charge is -2.26. The van der Waals surface area contributed by atoms with Crippen molar-refractivity contribution in [3.8, 4) is 11.3 Å². The van der Waals surface area contributed by atoms with Crippen LogP contribution in [0, 0.1) is 0 Å². The van der Waals surface area contributed by atoms with Gasteiger partial charge in [-0.25, -0.2) is 9.79 Å². The Morgan fingerprint density at radius 2 is 1.60 bits per heavy atom. The number of esters is 1. The summed E-state index contributed by atoms with van der Waals surface area (Å²) in [5.41, 5.74) is 6.11. The largest absolute Gasteiger partial charge is 0.463 e. The lowest BCUT2D eigenvalue weighted by Crippen LogP contribution is -2.40. The van der Waals surface area contributed by atoms with Gasteiger partial charge in [0, 0.05) is 26.9 Å². The Labute approximate surface area is 268 Å². The Bertz CT molecular complexity index is 2250. The van der Waals surface area contributed by atoms with Gasteiger partial charge in [-0.2, -0.15) is 0 Å². The highest BCUT2D eigenvalue weighted by molar-refractivity contribution is 7.98. The minimum Gasteiger partial charge on any atom is -0.463 e. The summed E-state index contributed by atoms with van der Waals surface area (Å²) < 4.78 is 7.78. The summed E-state index contributed by atoms with van der Waals surface area (Å²) >= 11 is 2.96. The summed E-state index contributed by atoms with van der Waals surface area (Å²) in [4.78, 5) is 38.4. The van der Waals surface area contributed by atoms with Crippen molar-refractivity contribution >= 4 is 51.7 Å². The number of hydrogen-bond acceptors (Lipinski definition) is 6. The lowest BCUT2D eigenvalue weighted by atomic mass is 9.93. The molecule has 222 valence electrons. The first kappa shape index (κ1) is 28.8. The number of aromatic amines is 1. The number of benzene rings is 4. The summed E-state index contributed by atoms with van der Waals surface area (Å²) in [7, 11) is 0. The number of ether oxygens (including phenoxy) is 1. The zero-order valence-corrected chi connectivity index (χ0v) is 26.3. The van der Waals surface area contributed by atoms with Crippen LogP contribution < -0.4 is 14.9 Å². The maximum atomic E-state index is 14.5. The van der Waals surface area contributed by atoms with Crippen molar-refractivity contribution in [3.63, 3.8) is 0 Å². The first-order chi connectivity index (χ1) is 22.1. The zero-order valence-electron chi connectivity index (χ0n) is 24.7. The van der Waals surface area contributed by atoms with Gasteiger partial charge in [0.25, 0.3) is 5.56 Å². The second-order valence-electron chi connectivity index (χ2n) is 10.5. The molecule has 0 aliphatic carbocycles. The van der Waals surface area contributed by atoms with E-state index in [-0.39, 0.29) is 12.2 Å². The van der Waals surface area contributed by atoms with Gasteiger partial charge >= 0.3 is 5.97 Å². The van der Waals surface area contributed by atoms with Crippen molar-refractivity contribution in [2.45, 2.75) is 17.9 Å². The molecule has 4 aromatic carbocycles. The van der Waals surface area contributed by atoms with Crippen LogP contribution in [0.1, 0.15) is 29.7 Å². The molecule has 45 heavy (non-hydrogen) atoms. The lowest BCUT2D eigenvalue weighted by molar-refractivity contribution is -0.138. The van der Waals surface area contributed by atoms with E-state index in [1.54, 1.807) is 23.3 Å². The number of fused-ring (bicyclic) bond motifs is 2. The normalized spacial score (nSPS) is 14.8. The van der Waals surface area contributed by atoms with Crippen LogP contribution in [0.5, 0.6) is 0 Å². The summed E-state index contributed by atoms with van der Waals surface area (Å²) in [6.45, 7) is 1.99. The quantitative estimate of drug-likeness (QED) is 0.156. The number of H-pyrrole nitrogens is 1. The first-order valence-electron chi connectivity index (χ1n) is 14.7. The number of rotatable bonds is 7. The second kappa shape index (κ2) is 12.2. The van der Waals surface area contributed by atoms with Gasteiger partial charge in [0.15, 0.2) is 4.80 Å². The van der Waals surface area contributed by atoms with Gasteiger partial charge in [-0.05, 0) is 48.6 Å². The molecule has 0 radical (unpaired) electrons. The number of nitrogens with zero attached hydrogens (tertiary/aromatic N) is 2. The molecule has 0 unspecified atom stereocenters. The molecule has 7 rings (SSSR count). The Kier molecular flexibility index (Phi) is 7.83. The van der Waals surface area contributed by atoms with Gasteiger partial charge in [-0.15, -0.1) is 11.8 Å². The average molecular weight is 628 g/mol. The molecule has 0 saturated heterocycles. The summed E-state index contributed by atoms with van der Waals surface area (Å²) in [5, 5.41) is 1.02. The Morgan fingerprint density at radius 1 is 0.933 bits per heavy atom. The fourth-order valence-electron chi connectivity index (χ4n) is 5.82. The minimum absolute atomic E-state index is 0.204. The van der Waals surface area contributed by atoms with Crippen LogP contribution in [0.4, 0.5) is 0 Å². The van der Waals surface area contributed by atoms with Crippen molar-refractivity contribution in [2.24, 2.45) is 4.99 Å². The number of para-hydroxylation sites is 1. The van der Waals surface area contributed by atoms with Crippen molar-refractivity contribution in [2.75, 3.05) is 12.9 Å². The number of carbonyl (C=O) groups excluding carboxylic acids is 1. The molecule has 3 heterocycles. The third-order valence-electron chi connectivity index (χ3n) is 7.89. The molecule has 2 aromatic heterocycles. The van der Waals surface area contributed by atoms with Gasteiger partial charge in [-0.3, -0.25) is 9.36 Å². The molecule has 0 fully saturated rings. The van der Waals surface area contributed by atoms with E-state index in [1.165, 1.54) is 11.3 Å². The monoisotopic (exact) mass is 627 g/mol. The highest BCUT2D eigenvalue weighted by Gasteiger charge is 2.35. The van der Waals surface area contributed by atoms with Crippen LogP contribution in [-0.4, -0.2) is 28.4 Å².